The molecular formula is C10H15N3O3S. The maximum atomic E-state index is 11.1. The number of hydrogen-bond donors (Lipinski definition) is 2. The fourth-order valence-corrected chi connectivity index (χ4v) is 2.70. The second-order valence-corrected chi connectivity index (χ2v) is 5.22. The monoisotopic (exact) mass is 257 g/mol. The van der Waals surface area contributed by atoms with Crippen LogP contribution < -0.4 is 4.90 Å². The van der Waals surface area contributed by atoms with Crippen LogP contribution in [-0.2, 0) is 4.79 Å². The van der Waals surface area contributed by atoms with E-state index >= 15 is 0 Å². The minimum atomic E-state index is -0.928. The average molecular weight is 257 g/mol. The second kappa shape index (κ2) is 4.58. The number of rotatable bonds is 3. The van der Waals surface area contributed by atoms with Gasteiger partial charge in [0.25, 0.3) is 0 Å². The van der Waals surface area contributed by atoms with Crippen molar-refractivity contribution in [1.82, 2.24) is 9.36 Å². The molecule has 17 heavy (non-hydrogen) atoms. The molecule has 1 aliphatic rings. The Morgan fingerprint density at radius 2 is 2.29 bits per heavy atom. The van der Waals surface area contributed by atoms with Crippen LogP contribution in [0.25, 0.3) is 0 Å². The quantitative estimate of drug-likeness (QED) is 0.828. The molecule has 1 aliphatic heterocycles. The van der Waals surface area contributed by atoms with Crippen molar-refractivity contribution in [3.63, 3.8) is 0 Å². The number of hydrogen-bond acceptors (Lipinski definition) is 6. The smallest absolute Gasteiger partial charge is 0.326 e. The summed E-state index contributed by atoms with van der Waals surface area (Å²) in [7, 11) is 0. The number of carboxylic acids is 1. The molecule has 0 amide bonds. The number of aliphatic hydroxyl groups is 1. The minimum absolute atomic E-state index is 0.218. The molecule has 0 aromatic carbocycles. The Morgan fingerprint density at radius 3 is 2.82 bits per heavy atom. The van der Waals surface area contributed by atoms with Crippen molar-refractivity contribution >= 4 is 22.6 Å². The third-order valence-corrected chi connectivity index (χ3v) is 3.52. The summed E-state index contributed by atoms with van der Waals surface area (Å²) < 4.78 is 4.19. The van der Waals surface area contributed by atoms with Gasteiger partial charge in [0.2, 0.25) is 5.13 Å². The van der Waals surface area contributed by atoms with Gasteiger partial charge in [-0.2, -0.15) is 4.37 Å². The van der Waals surface area contributed by atoms with Crippen molar-refractivity contribution in [2.24, 2.45) is 0 Å². The van der Waals surface area contributed by atoms with E-state index in [0.29, 0.717) is 11.7 Å². The van der Waals surface area contributed by atoms with E-state index in [0.717, 1.165) is 5.82 Å². The van der Waals surface area contributed by atoms with E-state index in [4.69, 9.17) is 5.11 Å². The van der Waals surface area contributed by atoms with E-state index in [-0.39, 0.29) is 12.3 Å². The Kier molecular flexibility index (Phi) is 3.30. The maximum Gasteiger partial charge on any atom is 0.326 e. The lowest BCUT2D eigenvalue weighted by Crippen LogP contribution is -2.35. The fourth-order valence-electron chi connectivity index (χ4n) is 1.84. The van der Waals surface area contributed by atoms with E-state index in [1.54, 1.807) is 4.90 Å². The summed E-state index contributed by atoms with van der Waals surface area (Å²) in [6.45, 7) is 4.28. The van der Waals surface area contributed by atoms with Crippen molar-refractivity contribution in [1.29, 1.82) is 0 Å². The Balaban J connectivity index is 2.22. The van der Waals surface area contributed by atoms with Crippen molar-refractivity contribution < 1.29 is 15.0 Å². The SMILES string of the molecule is CC(C)c1nsc(N2CC(O)CC2C(=O)O)n1. The number of aliphatic carboxylic acids is 1. The van der Waals surface area contributed by atoms with Gasteiger partial charge in [0.1, 0.15) is 11.9 Å². The molecule has 0 spiro atoms. The van der Waals surface area contributed by atoms with E-state index < -0.39 is 18.1 Å². The highest BCUT2D eigenvalue weighted by Gasteiger charge is 2.37. The lowest BCUT2D eigenvalue weighted by Gasteiger charge is -2.19. The topological polar surface area (TPSA) is 86.5 Å². The number of carbonyl (C=O) groups is 1. The molecule has 1 aromatic heterocycles. The predicted molar refractivity (Wildman–Crippen MR) is 63.4 cm³/mol. The van der Waals surface area contributed by atoms with Gasteiger partial charge in [0.05, 0.1) is 6.10 Å². The van der Waals surface area contributed by atoms with Crippen LogP contribution in [0.5, 0.6) is 0 Å². The molecular weight excluding hydrogens is 242 g/mol. The summed E-state index contributed by atoms with van der Waals surface area (Å²) in [5.41, 5.74) is 0. The average Bonchev–Trinajstić information content (AvgIpc) is 2.82. The van der Waals surface area contributed by atoms with Crippen LogP contribution in [0.3, 0.4) is 0 Å². The zero-order chi connectivity index (χ0) is 12.6. The van der Waals surface area contributed by atoms with Crippen LogP contribution in [0.1, 0.15) is 32.0 Å². The molecule has 1 saturated heterocycles. The first-order chi connectivity index (χ1) is 7.99. The van der Waals surface area contributed by atoms with Crippen LogP contribution in [0.15, 0.2) is 0 Å². The van der Waals surface area contributed by atoms with Crippen LogP contribution in [0, 0.1) is 0 Å². The number of aromatic nitrogens is 2. The third-order valence-electron chi connectivity index (χ3n) is 2.76. The van der Waals surface area contributed by atoms with Crippen LogP contribution in [0.4, 0.5) is 5.13 Å². The van der Waals surface area contributed by atoms with Gasteiger partial charge in [-0.3, -0.25) is 0 Å². The minimum Gasteiger partial charge on any atom is -0.480 e. The van der Waals surface area contributed by atoms with Crippen molar-refractivity contribution in [2.45, 2.75) is 38.3 Å². The maximum absolute atomic E-state index is 11.1. The summed E-state index contributed by atoms with van der Waals surface area (Å²) in [5, 5.41) is 19.2. The van der Waals surface area contributed by atoms with E-state index in [2.05, 4.69) is 9.36 Å². The number of anilines is 1. The standard InChI is InChI=1S/C10H15N3O3S/c1-5(2)8-11-10(17-12-8)13-4-6(14)3-7(13)9(15)16/h5-7,14H,3-4H2,1-2H3,(H,15,16). The van der Waals surface area contributed by atoms with Crippen LogP contribution >= 0.6 is 11.5 Å². The number of β-amino-alcohol motifs (C(OH)–C–C–N with tert-alkyl or cyclic N) is 1. The summed E-state index contributed by atoms with van der Waals surface area (Å²) >= 11 is 1.19. The van der Waals surface area contributed by atoms with Crippen LogP contribution in [-0.4, -0.2) is 44.2 Å². The Labute approximate surface area is 103 Å². The molecule has 2 heterocycles. The summed E-state index contributed by atoms with van der Waals surface area (Å²) in [6, 6.07) is -0.696. The van der Waals surface area contributed by atoms with Gasteiger partial charge in [-0.15, -0.1) is 0 Å². The van der Waals surface area contributed by atoms with Gasteiger partial charge in [0, 0.05) is 30.4 Å². The first-order valence-corrected chi connectivity index (χ1v) is 6.27. The lowest BCUT2D eigenvalue weighted by molar-refractivity contribution is -0.138. The third kappa shape index (κ3) is 2.39. The molecule has 2 N–H and O–H groups in total. The van der Waals surface area contributed by atoms with E-state index in [1.165, 1.54) is 11.5 Å². The zero-order valence-electron chi connectivity index (χ0n) is 9.70. The number of nitrogens with zero attached hydrogens (tertiary/aromatic N) is 3. The van der Waals surface area contributed by atoms with Gasteiger partial charge in [-0.05, 0) is 0 Å². The molecule has 0 saturated carbocycles. The fraction of sp³-hybridized carbons (Fsp3) is 0.700. The molecule has 1 aromatic rings. The number of aliphatic hydroxyl groups excluding tert-OH is 1. The molecule has 0 aliphatic carbocycles. The largest absolute Gasteiger partial charge is 0.480 e. The van der Waals surface area contributed by atoms with Gasteiger partial charge < -0.3 is 15.1 Å². The molecule has 0 radical (unpaired) electrons. The normalized spacial score (nSPS) is 24.6. The second-order valence-electron chi connectivity index (χ2n) is 4.49. The molecule has 94 valence electrons. The highest BCUT2D eigenvalue weighted by molar-refractivity contribution is 7.09. The first-order valence-electron chi connectivity index (χ1n) is 5.50. The lowest BCUT2D eigenvalue weighted by atomic mass is 10.2. The van der Waals surface area contributed by atoms with Crippen molar-refractivity contribution in [3.05, 3.63) is 5.82 Å². The summed E-state index contributed by atoms with van der Waals surface area (Å²) in [6.07, 6.45) is -0.367. The summed E-state index contributed by atoms with van der Waals surface area (Å²) in [5.74, 6) is 0.00850. The van der Waals surface area contributed by atoms with Gasteiger partial charge in [0.15, 0.2) is 0 Å². The van der Waals surface area contributed by atoms with E-state index in [9.17, 15) is 9.90 Å². The number of carboxylic acid groups (broad SMARTS) is 1. The van der Waals surface area contributed by atoms with Gasteiger partial charge in [-0.1, -0.05) is 13.8 Å². The Bertz CT molecular complexity index is 421. The molecule has 1 fully saturated rings. The molecule has 2 atom stereocenters. The highest BCUT2D eigenvalue weighted by atomic mass is 32.1. The molecule has 6 nitrogen and oxygen atoms in total. The van der Waals surface area contributed by atoms with E-state index in [1.807, 2.05) is 13.8 Å². The molecule has 7 heteroatoms. The van der Waals surface area contributed by atoms with Crippen molar-refractivity contribution in [2.75, 3.05) is 11.4 Å². The predicted octanol–water partition coefficient (Wildman–Crippen LogP) is 0.686. The first kappa shape index (κ1) is 12.3. The Morgan fingerprint density at radius 1 is 1.59 bits per heavy atom. The van der Waals surface area contributed by atoms with Crippen LogP contribution in [0.2, 0.25) is 0 Å². The highest BCUT2D eigenvalue weighted by Crippen LogP contribution is 2.28. The Hall–Kier alpha value is -1.21. The van der Waals surface area contributed by atoms with Crippen molar-refractivity contribution in [3.8, 4) is 0 Å². The summed E-state index contributed by atoms with van der Waals surface area (Å²) in [4.78, 5) is 17.0. The van der Waals surface area contributed by atoms with Gasteiger partial charge in [-0.25, -0.2) is 9.78 Å². The molecule has 2 unspecified atom stereocenters. The zero-order valence-corrected chi connectivity index (χ0v) is 10.5. The van der Waals surface area contributed by atoms with Gasteiger partial charge >= 0.3 is 5.97 Å². The molecule has 0 bridgehead atoms. The molecule has 2 rings (SSSR count).